The Morgan fingerprint density at radius 3 is 3.08 bits per heavy atom. The molecule has 0 saturated carbocycles. The van der Waals surface area contributed by atoms with Crippen LogP contribution in [-0.2, 0) is 0 Å². The standard InChI is InChI=1S/C11H13FO/c12-11-4-3-9-5-8(7-13)1-2-10(9)6-11/h3-5,10,13H,1-2,6-7H2. The van der Waals surface area contributed by atoms with Crippen molar-refractivity contribution < 1.29 is 9.50 Å². The minimum absolute atomic E-state index is 0.0189. The lowest BCUT2D eigenvalue weighted by molar-refractivity contribution is 0.320. The molecule has 0 fully saturated rings. The summed E-state index contributed by atoms with van der Waals surface area (Å²) in [6.07, 6.45) is 7.80. The molecule has 2 heteroatoms. The molecule has 1 atom stereocenters. The van der Waals surface area contributed by atoms with Crippen LogP contribution in [0.3, 0.4) is 0 Å². The molecule has 0 amide bonds. The molecule has 1 nitrogen and oxygen atoms in total. The van der Waals surface area contributed by atoms with Crippen molar-refractivity contribution >= 4 is 0 Å². The molecule has 70 valence electrons. The van der Waals surface area contributed by atoms with Gasteiger partial charge in [-0.2, -0.15) is 0 Å². The third-order valence-corrected chi connectivity index (χ3v) is 2.76. The predicted octanol–water partition coefficient (Wildman–Crippen LogP) is 2.50. The molecule has 0 saturated heterocycles. The zero-order valence-electron chi connectivity index (χ0n) is 7.46. The maximum Gasteiger partial charge on any atom is 0.101 e. The van der Waals surface area contributed by atoms with Gasteiger partial charge in [0.1, 0.15) is 5.83 Å². The van der Waals surface area contributed by atoms with Gasteiger partial charge >= 0.3 is 0 Å². The van der Waals surface area contributed by atoms with Crippen LogP contribution in [-0.4, -0.2) is 11.7 Å². The second-order valence-corrected chi connectivity index (χ2v) is 3.68. The first-order valence-corrected chi connectivity index (χ1v) is 4.66. The zero-order valence-corrected chi connectivity index (χ0v) is 7.46. The first kappa shape index (κ1) is 8.70. The summed E-state index contributed by atoms with van der Waals surface area (Å²) in [7, 11) is 0. The highest BCUT2D eigenvalue weighted by molar-refractivity contribution is 5.36. The van der Waals surface area contributed by atoms with Crippen LogP contribution in [0.1, 0.15) is 19.3 Å². The number of aliphatic hydroxyl groups excluding tert-OH is 1. The number of allylic oxidation sites excluding steroid dienone is 5. The first-order valence-electron chi connectivity index (χ1n) is 4.66. The summed E-state index contributed by atoms with van der Waals surface area (Å²) in [6, 6.07) is 0. The van der Waals surface area contributed by atoms with E-state index in [-0.39, 0.29) is 12.4 Å². The van der Waals surface area contributed by atoms with Crippen LogP contribution in [0.5, 0.6) is 0 Å². The van der Waals surface area contributed by atoms with Crippen LogP contribution in [0.25, 0.3) is 0 Å². The Labute approximate surface area is 77.3 Å². The lowest BCUT2D eigenvalue weighted by Crippen LogP contribution is -2.13. The van der Waals surface area contributed by atoms with Gasteiger partial charge in [-0.25, -0.2) is 4.39 Å². The highest BCUT2D eigenvalue weighted by Crippen LogP contribution is 2.35. The van der Waals surface area contributed by atoms with E-state index in [1.54, 1.807) is 0 Å². The van der Waals surface area contributed by atoms with E-state index in [2.05, 4.69) is 0 Å². The maximum absolute atomic E-state index is 12.9. The number of fused-ring (bicyclic) bond motifs is 1. The summed E-state index contributed by atoms with van der Waals surface area (Å²) in [5.41, 5.74) is 2.25. The summed E-state index contributed by atoms with van der Waals surface area (Å²) in [6.45, 7) is 0.135. The van der Waals surface area contributed by atoms with E-state index in [9.17, 15) is 4.39 Å². The molecule has 2 rings (SSSR count). The highest BCUT2D eigenvalue weighted by Gasteiger charge is 2.22. The number of rotatable bonds is 1. The van der Waals surface area contributed by atoms with Gasteiger partial charge in [-0.15, -0.1) is 0 Å². The highest BCUT2D eigenvalue weighted by atomic mass is 19.1. The Balaban J connectivity index is 2.24. The van der Waals surface area contributed by atoms with E-state index >= 15 is 0 Å². The summed E-state index contributed by atoms with van der Waals surface area (Å²) in [5.74, 6) is 0.329. The zero-order chi connectivity index (χ0) is 9.26. The molecule has 0 spiro atoms. The molecule has 0 aliphatic heterocycles. The van der Waals surface area contributed by atoms with Gasteiger partial charge in [-0.1, -0.05) is 12.2 Å². The van der Waals surface area contributed by atoms with Crippen LogP contribution in [0.4, 0.5) is 4.39 Å². The normalized spacial score (nSPS) is 27.2. The molecule has 0 bridgehead atoms. The second-order valence-electron chi connectivity index (χ2n) is 3.68. The number of hydrogen-bond donors (Lipinski definition) is 1. The van der Waals surface area contributed by atoms with Gasteiger partial charge in [0.25, 0.3) is 0 Å². The Kier molecular flexibility index (Phi) is 2.32. The molecular weight excluding hydrogens is 167 g/mol. The summed E-state index contributed by atoms with van der Waals surface area (Å²) >= 11 is 0. The summed E-state index contributed by atoms with van der Waals surface area (Å²) in [5, 5.41) is 8.95. The van der Waals surface area contributed by atoms with E-state index in [4.69, 9.17) is 5.11 Å². The molecule has 0 radical (unpaired) electrons. The SMILES string of the molecule is OCC1=CC2=CC=C(F)CC2CC1. The van der Waals surface area contributed by atoms with E-state index < -0.39 is 0 Å². The van der Waals surface area contributed by atoms with Gasteiger partial charge in [0, 0.05) is 6.42 Å². The van der Waals surface area contributed by atoms with Gasteiger partial charge in [-0.05, 0) is 36.0 Å². The number of halogens is 1. The average Bonchev–Trinajstić information content (AvgIpc) is 2.17. The van der Waals surface area contributed by atoms with E-state index in [1.807, 2.05) is 12.2 Å². The fourth-order valence-electron chi connectivity index (χ4n) is 1.97. The summed E-state index contributed by atoms with van der Waals surface area (Å²) in [4.78, 5) is 0. The van der Waals surface area contributed by atoms with Crippen LogP contribution in [0.15, 0.2) is 35.2 Å². The molecule has 0 aromatic carbocycles. The molecule has 13 heavy (non-hydrogen) atoms. The molecule has 0 heterocycles. The van der Waals surface area contributed by atoms with E-state index in [0.29, 0.717) is 12.3 Å². The van der Waals surface area contributed by atoms with Crippen molar-refractivity contribution in [3.63, 3.8) is 0 Å². The lowest BCUT2D eigenvalue weighted by Gasteiger charge is -2.25. The van der Waals surface area contributed by atoms with Crippen LogP contribution in [0.2, 0.25) is 0 Å². The van der Waals surface area contributed by atoms with Gasteiger partial charge in [0.15, 0.2) is 0 Å². The second kappa shape index (κ2) is 3.46. The van der Waals surface area contributed by atoms with E-state index in [0.717, 1.165) is 18.4 Å². The third kappa shape index (κ3) is 1.73. The Morgan fingerprint density at radius 2 is 2.31 bits per heavy atom. The maximum atomic E-state index is 12.9. The average molecular weight is 180 g/mol. The largest absolute Gasteiger partial charge is 0.392 e. The smallest absolute Gasteiger partial charge is 0.101 e. The molecule has 2 aliphatic rings. The van der Waals surface area contributed by atoms with Crippen molar-refractivity contribution in [2.24, 2.45) is 5.92 Å². The summed E-state index contributed by atoms with van der Waals surface area (Å²) < 4.78 is 12.9. The Morgan fingerprint density at radius 1 is 1.46 bits per heavy atom. The minimum Gasteiger partial charge on any atom is -0.392 e. The lowest BCUT2D eigenvalue weighted by atomic mass is 9.81. The predicted molar refractivity (Wildman–Crippen MR) is 49.8 cm³/mol. The van der Waals surface area contributed by atoms with Crippen molar-refractivity contribution in [1.29, 1.82) is 0 Å². The van der Waals surface area contributed by atoms with Crippen LogP contribution in [0, 0.1) is 5.92 Å². The van der Waals surface area contributed by atoms with Crippen LogP contribution >= 0.6 is 0 Å². The number of hydrogen-bond acceptors (Lipinski definition) is 1. The van der Waals surface area contributed by atoms with Crippen molar-refractivity contribution in [1.82, 2.24) is 0 Å². The monoisotopic (exact) mass is 180 g/mol. The van der Waals surface area contributed by atoms with E-state index in [1.165, 1.54) is 11.6 Å². The van der Waals surface area contributed by atoms with Crippen molar-refractivity contribution in [2.75, 3.05) is 6.61 Å². The van der Waals surface area contributed by atoms with Crippen molar-refractivity contribution in [3.8, 4) is 0 Å². The minimum atomic E-state index is -0.0189. The first-order chi connectivity index (χ1) is 6.29. The molecule has 2 aliphatic carbocycles. The topological polar surface area (TPSA) is 20.2 Å². The van der Waals surface area contributed by atoms with Crippen molar-refractivity contribution in [2.45, 2.75) is 19.3 Å². The molecular formula is C11H13FO. The number of aliphatic hydroxyl groups is 1. The van der Waals surface area contributed by atoms with Crippen molar-refractivity contribution in [3.05, 3.63) is 35.2 Å². The third-order valence-electron chi connectivity index (χ3n) is 2.76. The molecule has 1 N–H and O–H groups in total. The Hall–Kier alpha value is -0.890. The molecule has 0 aromatic rings. The fourth-order valence-corrected chi connectivity index (χ4v) is 1.97. The van der Waals surface area contributed by atoms with Gasteiger partial charge in [0.05, 0.1) is 6.61 Å². The van der Waals surface area contributed by atoms with Crippen LogP contribution < -0.4 is 0 Å². The Bertz CT molecular complexity index is 296. The quantitative estimate of drug-likeness (QED) is 0.657. The van der Waals surface area contributed by atoms with Gasteiger partial charge in [0.2, 0.25) is 0 Å². The van der Waals surface area contributed by atoms with Gasteiger partial charge < -0.3 is 5.11 Å². The van der Waals surface area contributed by atoms with Gasteiger partial charge in [-0.3, -0.25) is 0 Å². The molecule has 0 aromatic heterocycles. The molecule has 1 unspecified atom stereocenters. The fraction of sp³-hybridized carbons (Fsp3) is 0.455.